The quantitative estimate of drug-likeness (QED) is 0.103. The molecule has 0 radical (unpaired) electrons. The van der Waals surface area contributed by atoms with Crippen LogP contribution in [0.25, 0.3) is 240 Å². The Morgan fingerprint density at radius 1 is 0.120 bits per heavy atom. The molecule has 0 aliphatic heterocycles. The monoisotopic (exact) mass is 1930 g/mol. The number of furan rings is 8. The van der Waals surface area contributed by atoms with E-state index >= 15 is 0 Å². The minimum absolute atomic E-state index is 0.418. The molecule has 0 saturated carbocycles. The normalized spacial score (nSPS) is 12.3. The molecule has 0 fully saturated rings. The van der Waals surface area contributed by atoms with E-state index in [1.54, 1.807) is 0 Å². The number of anilines is 12. The van der Waals surface area contributed by atoms with Gasteiger partial charge in [-0.15, -0.1) is 0 Å². The van der Waals surface area contributed by atoms with E-state index in [9.17, 15) is 0 Å². The summed E-state index contributed by atoms with van der Waals surface area (Å²) in [4.78, 5) is 9.11. The van der Waals surface area contributed by atoms with E-state index in [-0.39, 0.29) is 0 Å². The fourth-order valence-electron chi connectivity index (χ4n) is 23.4. The van der Waals surface area contributed by atoms with Crippen LogP contribution in [0.3, 0.4) is 0 Å². The molecule has 0 aliphatic rings. The van der Waals surface area contributed by atoms with Gasteiger partial charge in [-0.25, -0.2) is 0 Å². The van der Waals surface area contributed by atoms with Crippen LogP contribution >= 0.6 is 0 Å². The highest BCUT2D eigenvalue weighted by Crippen LogP contribution is 2.51. The lowest BCUT2D eigenvalue weighted by Gasteiger charge is -2.26. The zero-order valence-corrected chi connectivity index (χ0v) is 81.9. The summed E-state index contributed by atoms with van der Waals surface area (Å²) in [6, 6.07) is 160. The minimum Gasteiger partial charge on any atom is -0.456 e. The third-order valence-corrected chi connectivity index (χ3v) is 31.0. The highest BCUT2D eigenvalue weighted by atomic mass is 16.4. The summed E-state index contributed by atoms with van der Waals surface area (Å²) in [6.07, 6.45) is 0. The maximum atomic E-state index is 6.83. The number of fused-ring (bicyclic) bond motifs is 30. The maximum absolute atomic E-state index is 6.83. The van der Waals surface area contributed by atoms with Crippen LogP contribution < -0.4 is 19.6 Å². The first kappa shape index (κ1) is 84.9. The average Bonchev–Trinajstić information content (AvgIpc) is 1.59. The molecule has 0 bridgehead atoms. The van der Waals surface area contributed by atoms with Gasteiger partial charge in [-0.3, -0.25) is 0 Å². The molecule has 24 aromatic carbocycles. The Bertz CT molecular complexity index is 10600. The van der Waals surface area contributed by atoms with E-state index in [4.69, 9.17) is 35.3 Å². The summed E-state index contributed by atoms with van der Waals surface area (Å²) in [7, 11) is 0. The molecule has 32 rings (SSSR count). The molecule has 150 heavy (non-hydrogen) atoms. The van der Waals surface area contributed by atoms with Crippen molar-refractivity contribution in [2.75, 3.05) is 19.6 Å². The summed E-state index contributed by atoms with van der Waals surface area (Å²) < 4.78 is 53.4. The van der Waals surface area contributed by atoms with Crippen LogP contribution in [0.1, 0.15) is 50.7 Å². The summed E-state index contributed by atoms with van der Waals surface area (Å²) in [5.41, 5.74) is 28.2. The van der Waals surface area contributed by atoms with Crippen LogP contribution in [-0.2, 0) is 0 Å². The van der Waals surface area contributed by atoms with Gasteiger partial charge in [0, 0.05) is 203 Å². The molecule has 0 atom stereocenters. The van der Waals surface area contributed by atoms with Crippen molar-refractivity contribution < 1.29 is 35.3 Å². The van der Waals surface area contributed by atoms with Crippen molar-refractivity contribution >= 4 is 308 Å². The lowest BCUT2D eigenvalue weighted by molar-refractivity contribution is 0.668. The zero-order valence-electron chi connectivity index (χ0n) is 81.9. The van der Waals surface area contributed by atoms with Gasteiger partial charge in [0.25, 0.3) is 0 Å². The van der Waals surface area contributed by atoms with Crippen LogP contribution in [0.15, 0.2) is 484 Å². The number of hydrogen-bond acceptors (Lipinski definition) is 12. The Morgan fingerprint density at radius 3 is 0.440 bits per heavy atom. The molecule has 0 N–H and O–H groups in total. The first-order valence-corrected chi connectivity index (χ1v) is 51.3. The molecule has 0 unspecified atom stereocenters. The Kier molecular flexibility index (Phi) is 18.7. The van der Waals surface area contributed by atoms with Crippen LogP contribution in [0.5, 0.6) is 0 Å². The fourth-order valence-corrected chi connectivity index (χ4v) is 23.4. The van der Waals surface area contributed by atoms with Crippen molar-refractivity contribution in [2.45, 2.75) is 39.5 Å². The minimum atomic E-state index is 0.418. The maximum Gasteiger partial charge on any atom is 0.137 e. The van der Waals surface area contributed by atoms with E-state index in [1.165, 1.54) is 32.7 Å². The van der Waals surface area contributed by atoms with Crippen molar-refractivity contribution in [1.82, 2.24) is 0 Å². The highest BCUT2D eigenvalue weighted by molar-refractivity contribution is 6.21. The molecule has 8 aromatic heterocycles. The van der Waals surface area contributed by atoms with E-state index in [0.29, 0.717) is 11.8 Å². The topological polar surface area (TPSA) is 118 Å². The Hall–Kier alpha value is -19.6. The molecular weight excluding hydrogens is 1840 g/mol. The van der Waals surface area contributed by atoms with Crippen molar-refractivity contribution in [3.05, 3.63) is 460 Å². The predicted octanol–water partition coefficient (Wildman–Crippen LogP) is 41.6. The molecule has 32 aromatic rings. The Labute approximate surface area is 857 Å². The van der Waals surface area contributed by atoms with Gasteiger partial charge in [-0.1, -0.05) is 185 Å². The molecule has 0 saturated heterocycles. The second-order valence-corrected chi connectivity index (χ2v) is 40.6. The predicted molar refractivity (Wildman–Crippen MR) is 623 cm³/mol. The van der Waals surface area contributed by atoms with Gasteiger partial charge < -0.3 is 54.9 Å². The van der Waals surface area contributed by atoms with Crippen molar-refractivity contribution in [3.8, 4) is 0 Å². The second-order valence-electron chi connectivity index (χ2n) is 40.6. The van der Waals surface area contributed by atoms with Crippen LogP contribution in [0.2, 0.25) is 0 Å². The lowest BCUT2D eigenvalue weighted by Crippen LogP contribution is -2.10. The van der Waals surface area contributed by atoms with Gasteiger partial charge >= 0.3 is 0 Å². The smallest absolute Gasteiger partial charge is 0.137 e. The van der Waals surface area contributed by atoms with Crippen LogP contribution in [0, 0.1) is 0 Å². The molecule has 708 valence electrons. The SMILES string of the molecule is CC(C)c1ccc(N(c2ccc3c(c2)oc2cc4ccccc4cc23)c2ccc3c(c2)oc2cc4cc5c(cc4cc23)oc2cc(N(c3ccc(C(C)C)cc3)c3ccc4c(c3)oc3cc6ccccc6cc34)ccc25)cc1.c1ccc(N(c2ccc3c(c2)oc2cc4ccccc4cc23)c2ccc3c(c2)oc2cc4cc5c(cc4cc23)oc2cc(N(c3ccccc3)c3ccc4c(c3)oc3cc6ccccc6cc34)ccc25)cc1. The number of benzene rings is 24. The van der Waals surface area contributed by atoms with E-state index in [1.807, 2.05) is 12.1 Å². The molecule has 12 heteroatoms. The van der Waals surface area contributed by atoms with E-state index in [0.717, 1.165) is 287 Å². The zero-order chi connectivity index (χ0) is 98.9. The molecule has 0 aliphatic carbocycles. The van der Waals surface area contributed by atoms with Crippen molar-refractivity contribution in [2.24, 2.45) is 0 Å². The number of nitrogens with zero attached hydrogens (tertiary/aromatic N) is 4. The molecule has 0 amide bonds. The van der Waals surface area contributed by atoms with Crippen molar-refractivity contribution in [3.63, 3.8) is 0 Å². The van der Waals surface area contributed by atoms with Gasteiger partial charge in [0.05, 0.1) is 0 Å². The van der Waals surface area contributed by atoms with Crippen LogP contribution in [0.4, 0.5) is 68.2 Å². The number of rotatable bonds is 14. The Balaban J connectivity index is 0.000000135. The first-order chi connectivity index (χ1) is 73.8. The molecule has 8 heterocycles. The third-order valence-electron chi connectivity index (χ3n) is 31.0. The van der Waals surface area contributed by atoms with Gasteiger partial charge in [0.1, 0.15) is 89.3 Å². The van der Waals surface area contributed by atoms with E-state index < -0.39 is 0 Å². The molecule has 0 spiro atoms. The highest BCUT2D eigenvalue weighted by Gasteiger charge is 2.28. The first-order valence-electron chi connectivity index (χ1n) is 51.3. The number of hydrogen-bond donors (Lipinski definition) is 0. The lowest BCUT2D eigenvalue weighted by atomic mass is 10.0. The summed E-state index contributed by atoms with van der Waals surface area (Å²) >= 11 is 0. The van der Waals surface area contributed by atoms with Crippen molar-refractivity contribution in [1.29, 1.82) is 0 Å². The van der Waals surface area contributed by atoms with Gasteiger partial charge in [0.15, 0.2) is 0 Å². The largest absolute Gasteiger partial charge is 0.456 e. The average molecular weight is 1930 g/mol. The standard InChI is InChI=1S/C72H50N2O4.C66H38N2O4/c1-41(2)43-13-17-51(18-14-43)73(53-21-25-57-61-29-45-9-5-7-11-47(45)33-65(61)75-69(57)37-53)55-23-27-59-63-31-49-36-68-64(32-50(49)35-67(63)77-71(59)39-55)60-28-24-56(40-72(60)78-68)74(52-19-15-44(16-20-52)42(3)4)54-22-26-58-62-30-46-10-6-8-12-48(46)34-66(62)76-70(58)38-54;1-3-15-45(16-4-1)67(47-19-23-51-55-27-39-11-7-9-13-41(39)31-59(55)69-63(51)35-47)49-21-25-53-57-29-43-34-62-58(30-44(43)33-61(57)71-65(53)37-49)54-26-22-50(38-66(54)72-62)68(46-17-5-2-6-18-46)48-20-24-52-56-28-40-12-8-10-14-42(40)32-60(56)70-64(52)36-48/h5-42H,1-4H3;1-38H. The molecular formula is C138H88N4O8. The fraction of sp³-hybridized carbons (Fsp3) is 0.0435. The Morgan fingerprint density at radius 2 is 0.260 bits per heavy atom. The second kappa shape index (κ2) is 33.0. The van der Waals surface area contributed by atoms with Crippen LogP contribution in [-0.4, -0.2) is 0 Å². The van der Waals surface area contributed by atoms with Gasteiger partial charge in [0.2, 0.25) is 0 Å². The summed E-state index contributed by atoms with van der Waals surface area (Å²) in [6.45, 7) is 8.92. The summed E-state index contributed by atoms with van der Waals surface area (Å²) in [5.74, 6) is 0.836. The van der Waals surface area contributed by atoms with Gasteiger partial charge in [-0.05, 0) is 330 Å². The third kappa shape index (κ3) is 13.8. The van der Waals surface area contributed by atoms with E-state index in [2.05, 4.69) is 484 Å². The van der Waals surface area contributed by atoms with Gasteiger partial charge in [-0.2, -0.15) is 0 Å². The molecule has 12 nitrogen and oxygen atoms in total. The number of para-hydroxylation sites is 2. The summed E-state index contributed by atoms with van der Waals surface area (Å²) in [5, 5.41) is 31.0.